The van der Waals surface area contributed by atoms with Gasteiger partial charge >= 0.3 is 0 Å². The van der Waals surface area contributed by atoms with Gasteiger partial charge in [0.1, 0.15) is 0 Å². The van der Waals surface area contributed by atoms with Crippen LogP contribution in [0.4, 0.5) is 0 Å². The highest BCUT2D eigenvalue weighted by Gasteiger charge is 2.09. The molecule has 4 rings (SSSR count). The first kappa shape index (κ1) is 13.9. The van der Waals surface area contributed by atoms with E-state index in [0.717, 1.165) is 34.2 Å². The van der Waals surface area contributed by atoms with Gasteiger partial charge in [0.05, 0.1) is 11.0 Å². The Bertz CT molecular complexity index is 1000. The molecule has 0 spiro atoms. The molecule has 0 saturated heterocycles. The number of aryl methyl sites for hydroxylation is 2. The van der Waals surface area contributed by atoms with Gasteiger partial charge in [-0.25, -0.2) is 0 Å². The van der Waals surface area contributed by atoms with E-state index in [2.05, 4.69) is 67.6 Å². The standard InChI is InChI=1S/C21H18N2/c1-14-8-9-17-10-11-19-18(13-16-6-4-3-5-7-16)12-15(2)23-21(19)20(17)22-14/h3-12H,13H2,1-2H3. The Morgan fingerprint density at radius 2 is 1.48 bits per heavy atom. The molecule has 0 unspecified atom stereocenters. The largest absolute Gasteiger partial charge is 0.251 e. The van der Waals surface area contributed by atoms with Crippen molar-refractivity contribution in [2.75, 3.05) is 0 Å². The van der Waals surface area contributed by atoms with Crippen LogP contribution in [-0.4, -0.2) is 9.97 Å². The van der Waals surface area contributed by atoms with Gasteiger partial charge in [-0.3, -0.25) is 9.97 Å². The van der Waals surface area contributed by atoms with E-state index in [1.54, 1.807) is 0 Å². The number of pyridine rings is 2. The molecule has 2 aromatic heterocycles. The Morgan fingerprint density at radius 1 is 0.739 bits per heavy atom. The summed E-state index contributed by atoms with van der Waals surface area (Å²) in [6.07, 6.45) is 0.915. The molecule has 0 aliphatic rings. The summed E-state index contributed by atoms with van der Waals surface area (Å²) in [6.45, 7) is 4.08. The molecular formula is C21H18N2. The zero-order valence-corrected chi connectivity index (χ0v) is 13.4. The first-order valence-electron chi connectivity index (χ1n) is 7.91. The Morgan fingerprint density at radius 3 is 2.30 bits per heavy atom. The second kappa shape index (κ2) is 5.47. The van der Waals surface area contributed by atoms with E-state index in [0.29, 0.717) is 0 Å². The number of aromatic nitrogens is 2. The van der Waals surface area contributed by atoms with Crippen molar-refractivity contribution < 1.29 is 0 Å². The van der Waals surface area contributed by atoms with Crippen molar-refractivity contribution in [3.8, 4) is 0 Å². The lowest BCUT2D eigenvalue weighted by atomic mass is 9.99. The van der Waals surface area contributed by atoms with Crippen molar-refractivity contribution in [2.24, 2.45) is 0 Å². The van der Waals surface area contributed by atoms with Gasteiger partial charge < -0.3 is 0 Å². The van der Waals surface area contributed by atoms with Crippen LogP contribution in [0.2, 0.25) is 0 Å². The topological polar surface area (TPSA) is 25.8 Å². The van der Waals surface area contributed by atoms with Gasteiger partial charge in [-0.15, -0.1) is 0 Å². The van der Waals surface area contributed by atoms with E-state index < -0.39 is 0 Å². The minimum Gasteiger partial charge on any atom is -0.251 e. The van der Waals surface area contributed by atoms with Crippen LogP contribution in [-0.2, 0) is 6.42 Å². The van der Waals surface area contributed by atoms with Gasteiger partial charge in [-0.2, -0.15) is 0 Å². The quantitative estimate of drug-likeness (QED) is 0.487. The van der Waals surface area contributed by atoms with Gasteiger partial charge in [0.25, 0.3) is 0 Å². The molecule has 0 atom stereocenters. The minimum absolute atomic E-state index is 0.915. The fraction of sp³-hybridized carbons (Fsp3) is 0.143. The van der Waals surface area contributed by atoms with Crippen molar-refractivity contribution in [3.05, 3.63) is 83.2 Å². The third-order valence-electron chi connectivity index (χ3n) is 4.23. The van der Waals surface area contributed by atoms with Crippen molar-refractivity contribution in [1.82, 2.24) is 9.97 Å². The summed E-state index contributed by atoms with van der Waals surface area (Å²) in [6, 6.07) is 21.3. The van der Waals surface area contributed by atoms with E-state index in [-0.39, 0.29) is 0 Å². The van der Waals surface area contributed by atoms with E-state index in [1.165, 1.54) is 16.5 Å². The van der Waals surface area contributed by atoms with Crippen LogP contribution in [0.1, 0.15) is 22.5 Å². The zero-order chi connectivity index (χ0) is 15.8. The molecule has 0 bridgehead atoms. The molecule has 0 N–H and O–H groups in total. The number of hydrogen-bond donors (Lipinski definition) is 0. The second-order valence-corrected chi connectivity index (χ2v) is 6.07. The molecule has 2 heteroatoms. The first-order chi connectivity index (χ1) is 11.2. The Balaban J connectivity index is 1.98. The monoisotopic (exact) mass is 298 g/mol. The van der Waals surface area contributed by atoms with Crippen molar-refractivity contribution in [2.45, 2.75) is 20.3 Å². The van der Waals surface area contributed by atoms with Gasteiger partial charge in [0.2, 0.25) is 0 Å². The number of nitrogens with zero attached hydrogens (tertiary/aromatic N) is 2. The molecule has 23 heavy (non-hydrogen) atoms. The molecule has 2 aromatic carbocycles. The highest BCUT2D eigenvalue weighted by atomic mass is 14.8. The van der Waals surface area contributed by atoms with Crippen LogP contribution in [0, 0.1) is 13.8 Å². The van der Waals surface area contributed by atoms with Gasteiger partial charge in [0.15, 0.2) is 0 Å². The Hall–Kier alpha value is -2.74. The van der Waals surface area contributed by atoms with Crippen molar-refractivity contribution >= 4 is 21.8 Å². The summed E-state index contributed by atoms with van der Waals surface area (Å²) in [5.41, 5.74) is 6.70. The lowest BCUT2D eigenvalue weighted by Gasteiger charge is -2.10. The normalized spacial score (nSPS) is 11.2. The summed E-state index contributed by atoms with van der Waals surface area (Å²) in [5.74, 6) is 0. The molecule has 112 valence electrons. The van der Waals surface area contributed by atoms with Gasteiger partial charge in [0, 0.05) is 22.2 Å². The molecule has 0 saturated carbocycles. The highest BCUT2D eigenvalue weighted by molar-refractivity contribution is 6.04. The maximum atomic E-state index is 4.78. The smallest absolute Gasteiger partial charge is 0.0970 e. The summed E-state index contributed by atoms with van der Waals surface area (Å²) < 4.78 is 0. The van der Waals surface area contributed by atoms with Crippen LogP contribution in [0.15, 0.2) is 60.7 Å². The maximum Gasteiger partial charge on any atom is 0.0970 e. The third-order valence-corrected chi connectivity index (χ3v) is 4.23. The van der Waals surface area contributed by atoms with E-state index in [4.69, 9.17) is 9.97 Å². The summed E-state index contributed by atoms with van der Waals surface area (Å²) in [5, 5.41) is 2.34. The van der Waals surface area contributed by atoms with E-state index in [9.17, 15) is 0 Å². The van der Waals surface area contributed by atoms with Gasteiger partial charge in [-0.05, 0) is 43.5 Å². The third kappa shape index (κ3) is 2.57. The highest BCUT2D eigenvalue weighted by Crippen LogP contribution is 2.27. The lowest BCUT2D eigenvalue weighted by Crippen LogP contribution is -1.96. The molecule has 0 aliphatic heterocycles. The average Bonchev–Trinajstić information content (AvgIpc) is 2.55. The molecule has 0 fully saturated rings. The summed E-state index contributed by atoms with van der Waals surface area (Å²) in [4.78, 5) is 9.52. The molecule has 2 nitrogen and oxygen atoms in total. The molecule has 4 aromatic rings. The first-order valence-corrected chi connectivity index (χ1v) is 7.91. The van der Waals surface area contributed by atoms with E-state index in [1.807, 2.05) is 6.92 Å². The number of fused-ring (bicyclic) bond motifs is 3. The summed E-state index contributed by atoms with van der Waals surface area (Å²) in [7, 11) is 0. The van der Waals surface area contributed by atoms with Crippen molar-refractivity contribution in [1.29, 1.82) is 0 Å². The van der Waals surface area contributed by atoms with Gasteiger partial charge in [-0.1, -0.05) is 48.5 Å². The Kier molecular flexibility index (Phi) is 3.30. The number of benzene rings is 2. The van der Waals surface area contributed by atoms with Crippen LogP contribution in [0.3, 0.4) is 0 Å². The Labute approximate surface area is 135 Å². The molecule has 0 amide bonds. The fourth-order valence-electron chi connectivity index (χ4n) is 3.14. The molecule has 2 heterocycles. The van der Waals surface area contributed by atoms with Crippen molar-refractivity contribution in [3.63, 3.8) is 0 Å². The second-order valence-electron chi connectivity index (χ2n) is 6.07. The van der Waals surface area contributed by atoms with E-state index >= 15 is 0 Å². The maximum absolute atomic E-state index is 4.78. The SMILES string of the molecule is Cc1ccc2ccc3c(Cc4ccccc4)cc(C)nc3c2n1. The fourth-order valence-corrected chi connectivity index (χ4v) is 3.14. The minimum atomic E-state index is 0.915. The van der Waals surface area contributed by atoms with Crippen LogP contribution in [0.5, 0.6) is 0 Å². The lowest BCUT2D eigenvalue weighted by molar-refractivity contribution is 1.16. The van der Waals surface area contributed by atoms with Crippen LogP contribution < -0.4 is 0 Å². The predicted molar refractivity (Wildman–Crippen MR) is 95.8 cm³/mol. The summed E-state index contributed by atoms with van der Waals surface area (Å²) >= 11 is 0. The average molecular weight is 298 g/mol. The van der Waals surface area contributed by atoms with Crippen LogP contribution in [0.25, 0.3) is 21.8 Å². The molecule has 0 aliphatic carbocycles. The number of hydrogen-bond acceptors (Lipinski definition) is 2. The number of rotatable bonds is 2. The van der Waals surface area contributed by atoms with Crippen LogP contribution >= 0.6 is 0 Å². The molecular weight excluding hydrogens is 280 g/mol. The predicted octanol–water partition coefficient (Wildman–Crippen LogP) is 4.99. The molecule has 0 radical (unpaired) electrons. The zero-order valence-electron chi connectivity index (χ0n) is 13.4.